The van der Waals surface area contributed by atoms with Gasteiger partial charge in [-0.1, -0.05) is 0 Å². The Kier molecular flexibility index (Phi) is 5.06. The lowest BCUT2D eigenvalue weighted by Gasteiger charge is -2.51. The molecule has 0 aromatic heterocycles. The van der Waals surface area contributed by atoms with Crippen LogP contribution in [-0.4, -0.2) is 56.0 Å². The summed E-state index contributed by atoms with van der Waals surface area (Å²) in [6, 6.07) is -0.338. The van der Waals surface area contributed by atoms with Gasteiger partial charge in [-0.25, -0.2) is 4.79 Å². The van der Waals surface area contributed by atoms with Gasteiger partial charge < -0.3 is 25.4 Å². The zero-order valence-electron chi connectivity index (χ0n) is 13.7. The number of carbonyl (C=O) groups is 2. The summed E-state index contributed by atoms with van der Waals surface area (Å²) in [5, 5.41) is 9.15. The minimum Gasteiger partial charge on any atom is -0.382 e. The van der Waals surface area contributed by atoms with E-state index >= 15 is 0 Å². The van der Waals surface area contributed by atoms with E-state index in [9.17, 15) is 9.59 Å². The Balaban J connectivity index is 1.56. The van der Waals surface area contributed by atoms with E-state index < -0.39 is 0 Å². The van der Waals surface area contributed by atoms with Crippen molar-refractivity contribution < 1.29 is 19.1 Å². The topological polar surface area (TPSA) is 88.7 Å². The summed E-state index contributed by atoms with van der Waals surface area (Å²) in [5.74, 6) is 0.0970. The first-order valence-corrected chi connectivity index (χ1v) is 8.61. The number of urea groups is 1. The zero-order chi connectivity index (χ0) is 16.3. The fourth-order valence-electron chi connectivity index (χ4n) is 3.93. The van der Waals surface area contributed by atoms with E-state index in [1.165, 1.54) is 0 Å². The molecule has 3 amide bonds. The monoisotopic (exact) mass is 325 g/mol. The van der Waals surface area contributed by atoms with Gasteiger partial charge in [-0.3, -0.25) is 4.79 Å². The molecular weight excluding hydrogens is 298 g/mol. The van der Waals surface area contributed by atoms with E-state index in [2.05, 4.69) is 16.0 Å². The summed E-state index contributed by atoms with van der Waals surface area (Å²) in [5.41, 5.74) is -0.229. The third kappa shape index (κ3) is 3.61. The number of hydrogen-bond acceptors (Lipinski definition) is 4. The lowest BCUT2D eigenvalue weighted by atomic mass is 9.68. The predicted octanol–water partition coefficient (Wildman–Crippen LogP) is 0.681. The summed E-state index contributed by atoms with van der Waals surface area (Å²) in [6.45, 7) is 1.18. The molecule has 0 bridgehead atoms. The molecule has 2 aliphatic heterocycles. The van der Waals surface area contributed by atoms with Gasteiger partial charge in [-0.05, 0) is 38.5 Å². The van der Waals surface area contributed by atoms with Crippen LogP contribution in [0.5, 0.6) is 0 Å². The summed E-state index contributed by atoms with van der Waals surface area (Å²) in [6.07, 6.45) is 6.14. The Hall–Kier alpha value is -1.34. The molecule has 0 unspecified atom stereocenters. The molecule has 1 saturated carbocycles. The van der Waals surface area contributed by atoms with Crippen molar-refractivity contribution in [3.8, 4) is 0 Å². The summed E-state index contributed by atoms with van der Waals surface area (Å²) >= 11 is 0. The van der Waals surface area contributed by atoms with Crippen LogP contribution in [0.4, 0.5) is 4.79 Å². The summed E-state index contributed by atoms with van der Waals surface area (Å²) in [7, 11) is 1.63. The Bertz CT molecular complexity index is 447. The van der Waals surface area contributed by atoms with Crippen molar-refractivity contribution in [2.45, 2.75) is 68.7 Å². The Morgan fingerprint density at radius 2 is 2.26 bits per heavy atom. The van der Waals surface area contributed by atoms with Crippen LogP contribution in [-0.2, 0) is 14.3 Å². The molecule has 7 heteroatoms. The van der Waals surface area contributed by atoms with Crippen molar-refractivity contribution >= 4 is 11.9 Å². The van der Waals surface area contributed by atoms with Crippen LogP contribution in [0.2, 0.25) is 0 Å². The van der Waals surface area contributed by atoms with Gasteiger partial charge in [0.25, 0.3) is 0 Å². The number of piperidine rings is 1. The smallest absolute Gasteiger partial charge is 0.315 e. The van der Waals surface area contributed by atoms with Gasteiger partial charge in [0, 0.05) is 20.1 Å². The lowest BCUT2D eigenvalue weighted by Crippen LogP contribution is -2.69. The summed E-state index contributed by atoms with van der Waals surface area (Å²) < 4.78 is 10.9. The predicted molar refractivity (Wildman–Crippen MR) is 84.1 cm³/mol. The number of hydrogen-bond donors (Lipinski definition) is 3. The molecule has 3 fully saturated rings. The van der Waals surface area contributed by atoms with Crippen LogP contribution in [0.25, 0.3) is 0 Å². The molecule has 1 aliphatic carbocycles. The summed E-state index contributed by atoms with van der Waals surface area (Å²) in [4.78, 5) is 24.1. The second-order valence-corrected chi connectivity index (χ2v) is 6.88. The highest BCUT2D eigenvalue weighted by Gasteiger charge is 2.48. The fraction of sp³-hybridized carbons (Fsp3) is 0.875. The lowest BCUT2D eigenvalue weighted by molar-refractivity contribution is -0.127. The average Bonchev–Trinajstić information content (AvgIpc) is 3.01. The number of rotatable bonds is 5. The van der Waals surface area contributed by atoms with Gasteiger partial charge in [0.1, 0.15) is 0 Å². The van der Waals surface area contributed by atoms with Gasteiger partial charge in [0.05, 0.1) is 30.3 Å². The van der Waals surface area contributed by atoms with Crippen LogP contribution in [0, 0.1) is 0 Å². The van der Waals surface area contributed by atoms with Crippen molar-refractivity contribution in [2.24, 2.45) is 0 Å². The van der Waals surface area contributed by atoms with Gasteiger partial charge in [-0.2, -0.15) is 0 Å². The molecule has 7 nitrogen and oxygen atoms in total. The molecule has 3 rings (SSSR count). The van der Waals surface area contributed by atoms with Crippen LogP contribution in [0.15, 0.2) is 0 Å². The molecular formula is C16H27N3O4. The third-order valence-electron chi connectivity index (χ3n) is 5.34. The van der Waals surface area contributed by atoms with Gasteiger partial charge in [-0.15, -0.1) is 0 Å². The second kappa shape index (κ2) is 7.05. The van der Waals surface area contributed by atoms with Crippen molar-refractivity contribution in [1.82, 2.24) is 16.0 Å². The maximum absolute atomic E-state index is 12.4. The SMILES string of the molecule is COC[C@H](NC(=O)N[C@H]1CCC(=O)NC12CCC2)[C@@H]1CCCO1. The third-order valence-corrected chi connectivity index (χ3v) is 5.34. The maximum atomic E-state index is 12.4. The van der Waals surface area contributed by atoms with Crippen LogP contribution in [0.1, 0.15) is 44.9 Å². The molecule has 0 aromatic carbocycles. The highest BCUT2D eigenvalue weighted by Crippen LogP contribution is 2.38. The fourth-order valence-corrected chi connectivity index (χ4v) is 3.93. The molecule has 1 spiro atoms. The van der Waals surface area contributed by atoms with Crippen molar-refractivity contribution in [3.63, 3.8) is 0 Å². The number of amides is 3. The van der Waals surface area contributed by atoms with Crippen LogP contribution < -0.4 is 16.0 Å². The molecule has 2 heterocycles. The first-order chi connectivity index (χ1) is 11.1. The van der Waals surface area contributed by atoms with Crippen molar-refractivity contribution in [3.05, 3.63) is 0 Å². The van der Waals surface area contributed by atoms with Crippen molar-refractivity contribution in [1.29, 1.82) is 0 Å². The van der Waals surface area contributed by atoms with E-state index in [0.717, 1.165) is 38.7 Å². The Labute approximate surface area is 136 Å². The molecule has 0 aromatic rings. The van der Waals surface area contributed by atoms with Crippen molar-refractivity contribution in [2.75, 3.05) is 20.3 Å². The zero-order valence-corrected chi connectivity index (χ0v) is 13.7. The average molecular weight is 325 g/mol. The Morgan fingerprint density at radius 1 is 1.43 bits per heavy atom. The maximum Gasteiger partial charge on any atom is 0.315 e. The number of carbonyl (C=O) groups excluding carboxylic acids is 2. The molecule has 0 radical (unpaired) electrons. The van der Waals surface area contributed by atoms with E-state index in [4.69, 9.17) is 9.47 Å². The molecule has 3 atom stereocenters. The molecule has 2 saturated heterocycles. The van der Waals surface area contributed by atoms with Crippen LogP contribution >= 0.6 is 0 Å². The Morgan fingerprint density at radius 3 is 2.87 bits per heavy atom. The normalized spacial score (nSPS) is 30.4. The highest BCUT2D eigenvalue weighted by atomic mass is 16.5. The van der Waals surface area contributed by atoms with Gasteiger partial charge in [0.15, 0.2) is 0 Å². The standard InChI is InChI=1S/C16H27N3O4/c1-22-10-11(12-4-2-9-23-12)17-15(21)18-13-5-6-14(20)19-16(13)7-3-8-16/h11-13H,2-10H2,1H3,(H,19,20)(H2,17,18,21)/t11-,12-,13-/m0/s1. The van der Waals surface area contributed by atoms with Gasteiger partial charge >= 0.3 is 6.03 Å². The van der Waals surface area contributed by atoms with Gasteiger partial charge in [0.2, 0.25) is 5.91 Å². The quantitative estimate of drug-likeness (QED) is 0.693. The van der Waals surface area contributed by atoms with E-state index in [1.807, 2.05) is 0 Å². The first-order valence-electron chi connectivity index (χ1n) is 8.61. The minimum atomic E-state index is -0.229. The minimum absolute atomic E-state index is 0.00152. The molecule has 3 aliphatic rings. The molecule has 23 heavy (non-hydrogen) atoms. The van der Waals surface area contributed by atoms with Crippen LogP contribution in [0.3, 0.4) is 0 Å². The van der Waals surface area contributed by atoms with E-state index in [1.54, 1.807) is 7.11 Å². The number of ether oxygens (including phenoxy) is 2. The highest BCUT2D eigenvalue weighted by molar-refractivity contribution is 5.80. The van der Waals surface area contributed by atoms with E-state index in [0.29, 0.717) is 19.4 Å². The number of nitrogens with one attached hydrogen (secondary N) is 3. The van der Waals surface area contributed by atoms with E-state index in [-0.39, 0.29) is 35.7 Å². The molecule has 130 valence electrons. The second-order valence-electron chi connectivity index (χ2n) is 6.88. The molecule has 3 N–H and O–H groups in total. The largest absolute Gasteiger partial charge is 0.382 e. The first kappa shape index (κ1) is 16.5. The number of methoxy groups -OCH3 is 1.